The molecule has 35 nitrogen and oxygen atoms in total. The summed E-state index contributed by atoms with van der Waals surface area (Å²) in [4.78, 5) is 121. The Morgan fingerprint density at radius 1 is 0.513 bits per heavy atom. The lowest BCUT2D eigenvalue weighted by Crippen LogP contribution is -2.60. The molecule has 4 rings (SSSR count). The van der Waals surface area contributed by atoms with Crippen LogP contribution in [0.5, 0.6) is 0 Å². The van der Waals surface area contributed by atoms with E-state index in [1.54, 1.807) is 12.1 Å². The molecule has 34 N–H and O–H groups in total. The quantitative estimate of drug-likeness (QED) is 0.0171. The van der Waals surface area contributed by atoms with Gasteiger partial charge < -0.3 is 116 Å². The predicted molar refractivity (Wildman–Crippen MR) is 272 cm³/mol. The molecule has 3 aromatic carbocycles. The fraction of sp³-hybridized carbons (Fsp3) is 0.244. The average Bonchev–Trinajstić information content (AvgIpc) is 3.69. The smallest absolute Gasteiger partial charge is 0.270 e. The van der Waals surface area contributed by atoms with Gasteiger partial charge in [0.05, 0.1) is 12.5 Å². The van der Waals surface area contributed by atoms with E-state index in [9.17, 15) is 48.6 Å². The SMILES string of the molecule is NC(=O)C(N)NC(=O)C(N=C(N)N)NC(=O)C(N=C(N)N)NC(=O)C(N=C(N)N)NC(=O)C(N=C(N)N)NC(=O)C(NC(=O)C(O)NC(=O)C(CO)C1C=c2cc3ccccc3cc2=C1NN=C(N)N)c1ccccc1. The summed E-state index contributed by atoms with van der Waals surface area (Å²) in [6.07, 6.45) is -11.2. The summed E-state index contributed by atoms with van der Waals surface area (Å²) < 4.78 is 0. The van der Waals surface area contributed by atoms with Crippen molar-refractivity contribution >= 4 is 99.6 Å². The highest BCUT2D eigenvalue weighted by atomic mass is 16.3. The zero-order chi connectivity index (χ0) is 56.6. The van der Waals surface area contributed by atoms with E-state index in [-0.39, 0.29) is 11.5 Å². The maximum atomic E-state index is 14.1. The Labute approximate surface area is 428 Å². The van der Waals surface area contributed by atoms with Crippen LogP contribution < -0.4 is 122 Å². The van der Waals surface area contributed by atoms with Crippen molar-refractivity contribution in [3.63, 3.8) is 0 Å². The van der Waals surface area contributed by atoms with Crippen LogP contribution in [0.4, 0.5) is 0 Å². The number of guanidine groups is 5. The van der Waals surface area contributed by atoms with Crippen molar-refractivity contribution in [3.05, 3.63) is 82.7 Å². The van der Waals surface area contributed by atoms with E-state index in [0.29, 0.717) is 16.1 Å². The molecule has 0 bridgehead atoms. The first kappa shape index (κ1) is 58.0. The van der Waals surface area contributed by atoms with Gasteiger partial charge in [-0.1, -0.05) is 60.7 Å². The first-order valence-corrected chi connectivity index (χ1v) is 21.8. The summed E-state index contributed by atoms with van der Waals surface area (Å²) in [5.74, 6) is -16.5. The van der Waals surface area contributed by atoms with Gasteiger partial charge in [0, 0.05) is 16.8 Å². The van der Waals surface area contributed by atoms with Gasteiger partial charge in [-0.05, 0) is 33.7 Å². The molecule has 0 saturated carbocycles. The number of hydrogen-bond donors (Lipinski definition) is 22. The van der Waals surface area contributed by atoms with E-state index in [1.165, 1.54) is 24.3 Å². The van der Waals surface area contributed by atoms with Gasteiger partial charge in [0.2, 0.25) is 48.7 Å². The van der Waals surface area contributed by atoms with Gasteiger partial charge in [-0.25, -0.2) is 20.0 Å². The van der Waals surface area contributed by atoms with Gasteiger partial charge in [-0.2, -0.15) is 0 Å². The van der Waals surface area contributed by atoms with Gasteiger partial charge in [-0.3, -0.25) is 43.8 Å². The van der Waals surface area contributed by atoms with E-state index < -0.39 is 133 Å². The number of carbonyl (C=O) groups excluding carboxylic acids is 8. The van der Waals surface area contributed by atoms with E-state index in [4.69, 9.17) is 68.8 Å². The van der Waals surface area contributed by atoms with Gasteiger partial charge in [0.25, 0.3) is 35.4 Å². The second-order valence-electron chi connectivity index (χ2n) is 15.8. The molecule has 0 fully saturated rings. The average molecular weight is 1060 g/mol. The molecular weight excluding hydrogens is 1000 g/mol. The third-order valence-corrected chi connectivity index (χ3v) is 10.2. The molecule has 406 valence electrons. The molecule has 1 aliphatic carbocycles. The predicted octanol–water partition coefficient (Wildman–Crippen LogP) is -13.2. The summed E-state index contributed by atoms with van der Waals surface area (Å²) in [6.45, 7) is -0.818. The lowest BCUT2D eigenvalue weighted by molar-refractivity contribution is -0.141. The third kappa shape index (κ3) is 16.2. The number of hydrogen-bond acceptors (Lipinski definition) is 17. The number of aliphatic imine (C=N–C) groups is 4. The van der Waals surface area contributed by atoms with Crippen LogP contribution in [0.25, 0.3) is 22.5 Å². The van der Waals surface area contributed by atoms with E-state index >= 15 is 0 Å². The molecule has 0 aromatic heterocycles. The number of aliphatic hydroxyl groups excluding tert-OH is 2. The van der Waals surface area contributed by atoms with Crippen LogP contribution in [0.2, 0.25) is 0 Å². The number of nitrogens with zero attached hydrogens (tertiary/aromatic N) is 5. The molecule has 3 aromatic rings. The number of primary amides is 1. The first-order chi connectivity index (χ1) is 35.8. The standard InChI is InChI=1S/C41H57N25O10/c42-23(24(43)68)55-31(71)25(60-37(44)45)57-33(73)27(62-39(48)49)59-34(74)28(63-40(50)51)58-32(72)26(61-38(46)47)56-30(70)21(14-6-2-1-3-7-14)54-35(75)36(76)64-29(69)20(13-67)19-12-17-10-15-8-4-5-9-16(15)11-18(17)22(19)65-66-41(52)53/h1-12,19-21,23,25-28,36,65,67,76H,13,42H2,(H2,43,68)(H,54,75)(H,55,71)(H,56,70)(H,57,73)(H,58,72)(H,59,74)(H,64,69)(H4,44,45,60)(H4,46,47,61)(H4,48,49,62)(H4,50,51,63)(H4,52,53,66). The van der Waals surface area contributed by atoms with Crippen molar-refractivity contribution in [2.75, 3.05) is 6.61 Å². The number of hydrazone groups is 1. The molecule has 76 heavy (non-hydrogen) atoms. The second-order valence-corrected chi connectivity index (χ2v) is 15.8. The van der Waals surface area contributed by atoms with Gasteiger partial charge in [0.15, 0.2) is 30.0 Å². The topological polar surface area (TPSA) is 647 Å². The van der Waals surface area contributed by atoms with Gasteiger partial charge in [-0.15, -0.1) is 5.10 Å². The number of rotatable bonds is 24. The lowest BCUT2D eigenvalue weighted by atomic mass is 9.90. The zero-order valence-corrected chi connectivity index (χ0v) is 39.7. The normalized spacial score (nSPS) is 15.4. The third-order valence-electron chi connectivity index (χ3n) is 10.2. The Morgan fingerprint density at radius 3 is 1.38 bits per heavy atom. The first-order valence-electron chi connectivity index (χ1n) is 21.8. The van der Waals surface area contributed by atoms with Crippen LogP contribution in [0, 0.1) is 11.8 Å². The van der Waals surface area contributed by atoms with Crippen molar-refractivity contribution in [2.24, 2.45) is 106 Å². The van der Waals surface area contributed by atoms with Crippen molar-refractivity contribution in [3.8, 4) is 0 Å². The number of aliphatic hydroxyl groups is 2. The van der Waals surface area contributed by atoms with Crippen LogP contribution in [0.1, 0.15) is 11.6 Å². The molecule has 0 aliphatic heterocycles. The summed E-state index contributed by atoms with van der Waals surface area (Å²) >= 11 is 0. The molecule has 35 heteroatoms. The van der Waals surface area contributed by atoms with Gasteiger partial charge >= 0.3 is 0 Å². The Kier molecular flexibility index (Phi) is 20.0. The zero-order valence-electron chi connectivity index (χ0n) is 39.7. The number of nitrogens with two attached hydrogens (primary N) is 12. The molecule has 9 unspecified atom stereocenters. The maximum absolute atomic E-state index is 14.1. The monoisotopic (exact) mass is 1060 g/mol. The van der Waals surface area contributed by atoms with Crippen LogP contribution in [-0.2, 0) is 38.4 Å². The lowest BCUT2D eigenvalue weighted by Gasteiger charge is -2.26. The minimum absolute atomic E-state index is 0.0248. The molecule has 0 saturated heterocycles. The second kappa shape index (κ2) is 26.2. The molecular formula is C41H57N25O10. The Bertz CT molecular complexity index is 2990. The van der Waals surface area contributed by atoms with Crippen molar-refractivity contribution in [2.45, 2.75) is 43.1 Å². The number of benzene rings is 3. The van der Waals surface area contributed by atoms with Crippen LogP contribution in [0.3, 0.4) is 0 Å². The number of carbonyl (C=O) groups is 8. The summed E-state index contributed by atoms with van der Waals surface area (Å²) in [5.41, 5.74) is 68.5. The highest BCUT2D eigenvalue weighted by molar-refractivity contribution is 6.00. The van der Waals surface area contributed by atoms with E-state index in [0.717, 1.165) is 10.8 Å². The molecule has 1 aliphatic rings. The van der Waals surface area contributed by atoms with Crippen molar-refractivity contribution in [1.82, 2.24) is 42.6 Å². The molecule has 9 atom stereocenters. The molecule has 0 radical (unpaired) electrons. The Hall–Kier alpha value is -10.6. The minimum atomic E-state index is -2.39. The minimum Gasteiger partial charge on any atom is -0.396 e. The fourth-order valence-electron chi connectivity index (χ4n) is 6.88. The highest BCUT2D eigenvalue weighted by Gasteiger charge is 2.37. The Morgan fingerprint density at radius 2 is 0.947 bits per heavy atom. The van der Waals surface area contributed by atoms with Crippen molar-refractivity contribution < 1.29 is 48.6 Å². The van der Waals surface area contributed by atoms with E-state index in [1.807, 2.05) is 57.7 Å². The van der Waals surface area contributed by atoms with Crippen LogP contribution >= 0.6 is 0 Å². The highest BCUT2D eigenvalue weighted by Crippen LogP contribution is 2.25. The number of fused-ring (bicyclic) bond motifs is 2. The summed E-state index contributed by atoms with van der Waals surface area (Å²) in [5, 5.41) is 42.9. The summed E-state index contributed by atoms with van der Waals surface area (Å²) in [7, 11) is 0. The van der Waals surface area contributed by atoms with Crippen LogP contribution in [0.15, 0.2) is 91.8 Å². The maximum Gasteiger partial charge on any atom is 0.270 e. The fourth-order valence-corrected chi connectivity index (χ4v) is 6.88. The number of nitrogens with one attached hydrogen (secondary N) is 8. The Balaban J connectivity index is 1.56. The van der Waals surface area contributed by atoms with Gasteiger partial charge in [0.1, 0.15) is 6.04 Å². The number of amides is 8. The van der Waals surface area contributed by atoms with Crippen LogP contribution in [-0.4, -0.2) is 131 Å². The largest absolute Gasteiger partial charge is 0.396 e. The van der Waals surface area contributed by atoms with Crippen molar-refractivity contribution in [1.29, 1.82) is 0 Å². The molecule has 0 heterocycles. The molecule has 0 spiro atoms. The molecule has 8 amide bonds. The summed E-state index contributed by atoms with van der Waals surface area (Å²) in [6, 6.07) is 16.4. The van der Waals surface area contributed by atoms with E-state index in [2.05, 4.69) is 46.4 Å².